The lowest BCUT2D eigenvalue weighted by molar-refractivity contribution is -0.904. The molecule has 16 heteroatoms. The van der Waals surface area contributed by atoms with Crippen molar-refractivity contribution in [3.05, 3.63) is 98.3 Å². The second kappa shape index (κ2) is 12.8. The molecule has 1 aliphatic rings. The number of halogens is 4. The minimum Gasteiger partial charge on any atom is -1.00 e. The fourth-order valence-electron chi connectivity index (χ4n) is 5.51. The summed E-state index contributed by atoms with van der Waals surface area (Å²) < 4.78 is 53.3. The van der Waals surface area contributed by atoms with Gasteiger partial charge in [0.25, 0.3) is 5.89 Å². The SMILES string of the molecule is COC(=O)C1=C(C)N(c2cccc(C(F)(F)F)c2)c2n[nH]c(=O)n2C1c1ccc(C#N)cc1CC[N+](C)(C)Cc1nnc(C)o1.[Cl-]. The molecule has 1 aliphatic heterocycles. The van der Waals surface area contributed by atoms with E-state index in [1.54, 1.807) is 32.0 Å². The second-order valence-electron chi connectivity index (χ2n) is 11.3. The number of benzene rings is 2. The van der Waals surface area contributed by atoms with Gasteiger partial charge in [0.1, 0.15) is 6.04 Å². The smallest absolute Gasteiger partial charge is 0.416 e. The Bertz CT molecular complexity index is 1900. The zero-order chi connectivity index (χ0) is 32.7. The van der Waals surface area contributed by atoms with E-state index >= 15 is 0 Å². The number of alkyl halides is 3. The van der Waals surface area contributed by atoms with Crippen LogP contribution in [0.2, 0.25) is 0 Å². The summed E-state index contributed by atoms with van der Waals surface area (Å²) in [5, 5.41) is 24.2. The normalized spacial score (nSPS) is 14.8. The molecule has 5 rings (SSSR count). The number of nitrogens with zero attached hydrogens (tertiary/aromatic N) is 7. The average molecular weight is 659 g/mol. The number of carbonyl (C=O) groups is 1. The molecular weight excluding hydrogens is 629 g/mol. The largest absolute Gasteiger partial charge is 1.00 e. The molecule has 3 heterocycles. The summed E-state index contributed by atoms with van der Waals surface area (Å²) in [6.07, 6.45) is -4.22. The van der Waals surface area contributed by atoms with Crippen molar-refractivity contribution in [3.63, 3.8) is 0 Å². The Morgan fingerprint density at radius 3 is 2.54 bits per heavy atom. The van der Waals surface area contributed by atoms with Gasteiger partial charge in [0.2, 0.25) is 11.8 Å². The summed E-state index contributed by atoms with van der Waals surface area (Å²) in [5.74, 6) is 0.106. The van der Waals surface area contributed by atoms with Gasteiger partial charge in [-0.05, 0) is 48.4 Å². The van der Waals surface area contributed by atoms with E-state index in [1.165, 1.54) is 28.7 Å². The van der Waals surface area contributed by atoms with E-state index in [0.717, 1.165) is 12.1 Å². The van der Waals surface area contributed by atoms with Gasteiger partial charge < -0.3 is 26.0 Å². The van der Waals surface area contributed by atoms with Crippen LogP contribution in [0.4, 0.5) is 24.8 Å². The Labute approximate surface area is 267 Å². The predicted octanol–water partition coefficient (Wildman–Crippen LogP) is 1.16. The number of aromatic nitrogens is 5. The first-order valence-electron chi connectivity index (χ1n) is 13.8. The van der Waals surface area contributed by atoms with Crippen molar-refractivity contribution in [2.75, 3.05) is 32.6 Å². The highest BCUT2D eigenvalue weighted by molar-refractivity contribution is 5.93. The van der Waals surface area contributed by atoms with Crippen LogP contribution in [0.25, 0.3) is 0 Å². The number of esters is 1. The summed E-state index contributed by atoms with van der Waals surface area (Å²) >= 11 is 0. The molecule has 46 heavy (non-hydrogen) atoms. The van der Waals surface area contributed by atoms with Crippen LogP contribution in [0.5, 0.6) is 0 Å². The van der Waals surface area contributed by atoms with Crippen molar-refractivity contribution in [2.24, 2.45) is 0 Å². The first-order chi connectivity index (χ1) is 21.2. The molecule has 1 atom stereocenters. The number of hydrogen-bond donors (Lipinski definition) is 1. The maximum atomic E-state index is 13.6. The first kappa shape index (κ1) is 33.9. The van der Waals surface area contributed by atoms with E-state index in [4.69, 9.17) is 9.15 Å². The molecule has 4 aromatic rings. The van der Waals surface area contributed by atoms with Crippen LogP contribution in [-0.4, -0.2) is 63.2 Å². The molecular formula is C30H30ClF3N8O4. The Morgan fingerprint density at radius 1 is 1.17 bits per heavy atom. The lowest BCUT2D eigenvalue weighted by Crippen LogP contribution is -3.00. The Kier molecular flexibility index (Phi) is 9.46. The average Bonchev–Trinajstić information content (AvgIpc) is 3.58. The van der Waals surface area contributed by atoms with Crippen LogP contribution in [0.1, 0.15) is 47.0 Å². The van der Waals surface area contributed by atoms with Gasteiger partial charge >= 0.3 is 17.8 Å². The fraction of sp³-hybridized carbons (Fsp3) is 0.333. The molecule has 242 valence electrons. The number of methoxy groups -OCH3 is 1. The topological polar surface area (TPSA) is 143 Å². The molecule has 2 aromatic carbocycles. The fourth-order valence-corrected chi connectivity index (χ4v) is 5.51. The summed E-state index contributed by atoms with van der Waals surface area (Å²) in [6, 6.07) is 10.5. The van der Waals surface area contributed by atoms with Crippen molar-refractivity contribution in [1.82, 2.24) is 25.0 Å². The lowest BCUT2D eigenvalue weighted by Gasteiger charge is -2.36. The maximum Gasteiger partial charge on any atom is 0.416 e. The number of fused-ring (bicyclic) bond motifs is 1. The number of nitriles is 1. The van der Waals surface area contributed by atoms with Gasteiger partial charge in [-0.2, -0.15) is 18.4 Å². The number of aromatic amines is 1. The van der Waals surface area contributed by atoms with E-state index in [1.807, 2.05) is 14.1 Å². The number of ether oxygens (including phenoxy) is 1. The van der Waals surface area contributed by atoms with Crippen LogP contribution >= 0.6 is 0 Å². The van der Waals surface area contributed by atoms with Crippen LogP contribution in [0.15, 0.2) is 62.9 Å². The molecule has 0 fully saturated rings. The first-order valence-corrected chi connectivity index (χ1v) is 13.8. The molecule has 2 aromatic heterocycles. The number of aryl methyl sites for hydroxylation is 1. The van der Waals surface area contributed by atoms with Gasteiger partial charge in [0.05, 0.1) is 50.5 Å². The highest BCUT2D eigenvalue weighted by Crippen LogP contribution is 2.43. The standard InChI is InChI=1S/C30H29F3N8O4.ClH/c1-17-25(27(42)44-5)26(40-28(37-38-29(40)43)39(17)22-8-6-7-21(14-22)30(31,32)33)23-10-9-19(15-34)13-20(23)11-12-41(3,4)16-24-36-35-18(2)45-24;/h6-10,13-14,26H,11-12,16H2,1-5H3;1H. The van der Waals surface area contributed by atoms with Crippen molar-refractivity contribution < 1.29 is 44.0 Å². The Balaban J connectivity index is 0.00000480. The number of quaternary nitrogens is 1. The summed E-state index contributed by atoms with van der Waals surface area (Å²) in [5.41, 5.74) is 0.237. The van der Waals surface area contributed by atoms with Gasteiger partial charge in [-0.1, -0.05) is 12.1 Å². The van der Waals surface area contributed by atoms with Crippen LogP contribution < -0.4 is 23.0 Å². The molecule has 1 unspecified atom stereocenters. The van der Waals surface area contributed by atoms with Crippen LogP contribution in [0.3, 0.4) is 0 Å². The third-order valence-corrected chi connectivity index (χ3v) is 7.66. The van der Waals surface area contributed by atoms with Gasteiger partial charge in [-0.25, -0.2) is 19.3 Å². The highest BCUT2D eigenvalue weighted by Gasteiger charge is 2.41. The molecule has 1 N–H and O–H groups in total. The number of H-pyrrole nitrogens is 1. The minimum atomic E-state index is -4.63. The van der Waals surface area contributed by atoms with Gasteiger partial charge in [0, 0.05) is 24.7 Å². The van der Waals surface area contributed by atoms with Gasteiger partial charge in [0.15, 0.2) is 6.54 Å². The second-order valence-corrected chi connectivity index (χ2v) is 11.3. The number of hydrogen-bond acceptors (Lipinski definition) is 9. The third-order valence-electron chi connectivity index (χ3n) is 7.66. The number of carbonyl (C=O) groups excluding carboxylic acids is 1. The van der Waals surface area contributed by atoms with Crippen molar-refractivity contribution in [2.45, 2.75) is 39.0 Å². The number of anilines is 2. The van der Waals surface area contributed by atoms with E-state index < -0.39 is 29.4 Å². The Morgan fingerprint density at radius 2 is 1.91 bits per heavy atom. The Hall–Kier alpha value is -4.94. The zero-order valence-electron chi connectivity index (χ0n) is 25.5. The van der Waals surface area contributed by atoms with Crippen LogP contribution in [-0.2, 0) is 28.7 Å². The molecule has 0 spiro atoms. The maximum absolute atomic E-state index is 13.6. The summed E-state index contributed by atoms with van der Waals surface area (Å²) in [6.45, 7) is 4.23. The number of rotatable bonds is 8. The van der Waals surface area contributed by atoms with Crippen molar-refractivity contribution >= 4 is 17.6 Å². The molecule has 0 bridgehead atoms. The number of nitrogens with one attached hydrogen (secondary N) is 1. The molecule has 0 amide bonds. The quantitative estimate of drug-likeness (QED) is 0.218. The monoisotopic (exact) mass is 658 g/mol. The minimum absolute atomic E-state index is 0. The van der Waals surface area contributed by atoms with Gasteiger partial charge in [-0.3, -0.25) is 4.90 Å². The molecule has 0 saturated carbocycles. The van der Waals surface area contributed by atoms with E-state index in [9.17, 15) is 28.0 Å². The number of allylic oxidation sites excluding steroid dienone is 1. The third kappa shape index (κ3) is 6.53. The highest BCUT2D eigenvalue weighted by atomic mass is 35.5. The molecule has 0 radical (unpaired) electrons. The molecule has 0 aliphatic carbocycles. The van der Waals surface area contributed by atoms with E-state index in [2.05, 4.69) is 26.5 Å². The van der Waals surface area contributed by atoms with Crippen molar-refractivity contribution in [3.8, 4) is 6.07 Å². The van der Waals surface area contributed by atoms with E-state index in [-0.39, 0.29) is 35.3 Å². The van der Waals surface area contributed by atoms with Crippen LogP contribution in [0, 0.1) is 18.3 Å². The number of likely N-dealkylation sites (N-methyl/N-ethyl adjacent to an activating group) is 1. The zero-order valence-corrected chi connectivity index (χ0v) is 26.3. The summed E-state index contributed by atoms with van der Waals surface area (Å²) in [4.78, 5) is 28.1. The van der Waals surface area contributed by atoms with E-state index in [0.29, 0.717) is 52.5 Å². The van der Waals surface area contributed by atoms with Gasteiger partial charge in [-0.15, -0.1) is 15.3 Å². The molecule has 0 saturated heterocycles. The van der Waals surface area contributed by atoms with Crippen molar-refractivity contribution in [1.29, 1.82) is 5.26 Å². The lowest BCUT2D eigenvalue weighted by atomic mass is 9.89. The molecule has 12 nitrogen and oxygen atoms in total. The summed E-state index contributed by atoms with van der Waals surface area (Å²) in [7, 11) is 5.13. The predicted molar refractivity (Wildman–Crippen MR) is 154 cm³/mol.